The summed E-state index contributed by atoms with van der Waals surface area (Å²) in [5.41, 5.74) is 6.30. The summed E-state index contributed by atoms with van der Waals surface area (Å²) < 4.78 is 4.42. The minimum Gasteiger partial charge on any atom is -0.204 e. The zero-order valence-electron chi connectivity index (χ0n) is 16.7. The van der Waals surface area contributed by atoms with Crippen molar-refractivity contribution in [3.05, 3.63) is 41.3 Å². The van der Waals surface area contributed by atoms with E-state index >= 15 is 0 Å². The maximum absolute atomic E-state index is 4.91. The highest BCUT2D eigenvalue weighted by atomic mass is 15.5. The second-order valence-corrected chi connectivity index (χ2v) is 8.59. The number of rotatable bonds is 4. The zero-order valence-corrected chi connectivity index (χ0v) is 16.7. The van der Waals surface area contributed by atoms with Crippen LogP contribution in [0, 0.1) is 25.2 Å². The largest absolute Gasteiger partial charge is 0.284 e. The van der Waals surface area contributed by atoms with Crippen LogP contribution in [0.15, 0.2) is 35.0 Å². The van der Waals surface area contributed by atoms with E-state index in [2.05, 4.69) is 82.1 Å². The van der Waals surface area contributed by atoms with Crippen LogP contribution in [0.4, 0.5) is 0 Å². The molecule has 0 saturated heterocycles. The van der Waals surface area contributed by atoms with Crippen molar-refractivity contribution < 1.29 is 4.68 Å². The average molecular weight is 340 g/mol. The number of aryl methyl sites for hydroxylation is 2. The molecule has 1 aromatic heterocycles. The smallest absolute Gasteiger partial charge is 0.204 e. The molecule has 0 bridgehead atoms. The van der Waals surface area contributed by atoms with E-state index in [-0.39, 0.29) is 11.6 Å². The molecule has 4 nitrogen and oxygen atoms in total. The van der Waals surface area contributed by atoms with Crippen molar-refractivity contribution in [3.63, 3.8) is 0 Å². The Labute approximate surface area is 151 Å². The van der Waals surface area contributed by atoms with Gasteiger partial charge in [0.05, 0.1) is 23.7 Å². The fourth-order valence-electron chi connectivity index (χ4n) is 4.23. The van der Waals surface area contributed by atoms with Crippen molar-refractivity contribution in [1.29, 1.82) is 0 Å². The summed E-state index contributed by atoms with van der Waals surface area (Å²) in [6, 6.07) is 2.16. The highest BCUT2D eigenvalue weighted by Crippen LogP contribution is 2.44. The van der Waals surface area contributed by atoms with Gasteiger partial charge in [0.15, 0.2) is 5.71 Å². The Bertz CT molecular complexity index is 796. The molecule has 0 unspecified atom stereocenters. The molecule has 0 spiro atoms. The maximum Gasteiger partial charge on any atom is 0.284 e. The minimum absolute atomic E-state index is 0.0669. The maximum atomic E-state index is 4.91. The lowest BCUT2D eigenvalue weighted by molar-refractivity contribution is -0.606. The highest BCUT2D eigenvalue weighted by molar-refractivity contribution is 6.02. The van der Waals surface area contributed by atoms with Crippen molar-refractivity contribution >= 4 is 11.4 Å². The lowest BCUT2D eigenvalue weighted by Gasteiger charge is -2.35. The van der Waals surface area contributed by atoms with Gasteiger partial charge in [-0.15, -0.1) is 0 Å². The number of allylic oxidation sites excluding steroid dienone is 3. The van der Waals surface area contributed by atoms with Crippen molar-refractivity contribution in [1.82, 2.24) is 9.78 Å². The van der Waals surface area contributed by atoms with Gasteiger partial charge in [-0.1, -0.05) is 49.3 Å². The average Bonchev–Trinajstić information content (AvgIpc) is 3.17. The van der Waals surface area contributed by atoms with Crippen LogP contribution in [0.25, 0.3) is 0 Å². The second-order valence-electron chi connectivity index (χ2n) is 8.59. The number of nitrogens with zero attached hydrogens (tertiary/aromatic N) is 4. The van der Waals surface area contributed by atoms with Crippen LogP contribution in [-0.2, 0) is 0 Å². The first-order valence-corrected chi connectivity index (χ1v) is 9.22. The standard InChI is InChI=1S/C21H31N4/c1-14-12-16(3)24(22-14)20(25-17(4)13-15(2)23-25)19(21(5,6)7)18-10-8-9-11-18/h8-10,12,19-20H,11,13H2,1-7H3/q+1/t19-,20+/m0/s1. The molecule has 25 heavy (non-hydrogen) atoms. The van der Waals surface area contributed by atoms with Gasteiger partial charge in [-0.3, -0.25) is 0 Å². The lowest BCUT2D eigenvalue weighted by Crippen LogP contribution is -2.39. The molecule has 1 aliphatic heterocycles. The fourth-order valence-corrected chi connectivity index (χ4v) is 4.23. The van der Waals surface area contributed by atoms with Crippen molar-refractivity contribution in [2.75, 3.05) is 0 Å². The molecule has 0 amide bonds. The van der Waals surface area contributed by atoms with E-state index in [0.29, 0.717) is 5.92 Å². The Kier molecular flexibility index (Phi) is 4.56. The van der Waals surface area contributed by atoms with E-state index in [9.17, 15) is 0 Å². The summed E-state index contributed by atoms with van der Waals surface area (Å²) in [6.45, 7) is 15.5. The van der Waals surface area contributed by atoms with Crippen LogP contribution in [-0.4, -0.2) is 25.9 Å². The van der Waals surface area contributed by atoms with Crippen LogP contribution in [0.2, 0.25) is 0 Å². The third kappa shape index (κ3) is 3.39. The third-order valence-corrected chi connectivity index (χ3v) is 5.16. The van der Waals surface area contributed by atoms with E-state index in [4.69, 9.17) is 10.2 Å². The van der Waals surface area contributed by atoms with Crippen LogP contribution >= 0.6 is 0 Å². The molecule has 2 heterocycles. The van der Waals surface area contributed by atoms with Crippen molar-refractivity contribution in [3.8, 4) is 0 Å². The molecule has 134 valence electrons. The quantitative estimate of drug-likeness (QED) is 0.725. The Morgan fingerprint density at radius 3 is 2.32 bits per heavy atom. The van der Waals surface area contributed by atoms with Crippen molar-refractivity contribution in [2.24, 2.45) is 16.4 Å². The summed E-state index contributed by atoms with van der Waals surface area (Å²) >= 11 is 0. The van der Waals surface area contributed by atoms with Crippen LogP contribution in [0.5, 0.6) is 0 Å². The normalized spacial score (nSPS) is 20.1. The number of hydrazone groups is 1. The van der Waals surface area contributed by atoms with Gasteiger partial charge in [-0.25, -0.2) is 4.68 Å². The molecule has 0 N–H and O–H groups in total. The topological polar surface area (TPSA) is 33.2 Å². The van der Waals surface area contributed by atoms with Gasteiger partial charge in [-0.2, -0.15) is 5.10 Å². The van der Waals surface area contributed by atoms with Gasteiger partial charge in [0.25, 0.3) is 6.17 Å². The summed E-state index contributed by atoms with van der Waals surface area (Å²) in [6.07, 6.45) is 8.76. The monoisotopic (exact) mass is 339 g/mol. The molecular formula is C21H31N4+. The summed E-state index contributed by atoms with van der Waals surface area (Å²) in [4.78, 5) is 0. The van der Waals surface area contributed by atoms with Crippen LogP contribution in [0.1, 0.15) is 65.0 Å². The molecule has 4 heteroatoms. The predicted molar refractivity (Wildman–Crippen MR) is 104 cm³/mol. The first-order chi connectivity index (χ1) is 11.7. The Morgan fingerprint density at radius 2 is 1.88 bits per heavy atom. The van der Waals surface area contributed by atoms with Gasteiger partial charge in [0.2, 0.25) is 0 Å². The highest BCUT2D eigenvalue weighted by Gasteiger charge is 2.46. The van der Waals surface area contributed by atoms with Crippen molar-refractivity contribution in [2.45, 2.75) is 67.5 Å². The molecule has 2 aliphatic rings. The third-order valence-electron chi connectivity index (χ3n) is 5.16. The SMILES string of the molecule is CC1=N[N+]([C@H]([C@H](C2=CC=CC2)C(C)(C)C)n2nc(C)cc2C)=C(C)C1. The lowest BCUT2D eigenvalue weighted by atomic mass is 9.73. The van der Waals surface area contributed by atoms with E-state index in [0.717, 1.165) is 18.5 Å². The Morgan fingerprint density at radius 1 is 1.16 bits per heavy atom. The van der Waals surface area contributed by atoms with Gasteiger partial charge >= 0.3 is 0 Å². The molecule has 3 rings (SSSR count). The van der Waals surface area contributed by atoms with Crippen LogP contribution < -0.4 is 0 Å². The van der Waals surface area contributed by atoms with Gasteiger partial charge < -0.3 is 0 Å². The molecule has 1 aliphatic carbocycles. The minimum atomic E-state index is 0.0669. The van der Waals surface area contributed by atoms with E-state index in [1.807, 2.05) is 0 Å². The van der Waals surface area contributed by atoms with E-state index in [1.165, 1.54) is 22.7 Å². The molecule has 1 aromatic rings. The predicted octanol–water partition coefficient (Wildman–Crippen LogP) is 4.80. The first kappa shape index (κ1) is 17.8. The molecule has 0 radical (unpaired) electrons. The molecule has 0 aromatic carbocycles. The van der Waals surface area contributed by atoms with E-state index < -0.39 is 0 Å². The summed E-state index contributed by atoms with van der Waals surface area (Å²) in [7, 11) is 0. The Hall–Kier alpha value is -1.97. The molecular weight excluding hydrogens is 308 g/mol. The zero-order chi connectivity index (χ0) is 18.4. The first-order valence-electron chi connectivity index (χ1n) is 9.22. The van der Waals surface area contributed by atoms with Crippen LogP contribution in [0.3, 0.4) is 0 Å². The molecule has 2 atom stereocenters. The number of hydrogen-bond donors (Lipinski definition) is 0. The molecule has 0 saturated carbocycles. The van der Waals surface area contributed by atoms with E-state index in [1.54, 1.807) is 0 Å². The molecule has 0 fully saturated rings. The second kappa shape index (κ2) is 6.40. The Balaban J connectivity index is 2.19. The van der Waals surface area contributed by atoms with Gasteiger partial charge in [-0.05, 0) is 43.8 Å². The van der Waals surface area contributed by atoms with Gasteiger partial charge in [0.1, 0.15) is 0 Å². The summed E-state index contributed by atoms with van der Waals surface area (Å²) in [5, 5.41) is 9.77. The summed E-state index contributed by atoms with van der Waals surface area (Å²) in [5.74, 6) is 0.324. The number of aromatic nitrogens is 2. The van der Waals surface area contributed by atoms with Gasteiger partial charge in [0, 0.05) is 12.6 Å². The number of hydrogen-bond acceptors (Lipinski definition) is 2. The fraction of sp³-hybridized carbons (Fsp3) is 0.571.